The lowest BCUT2D eigenvalue weighted by atomic mass is 9.90. The summed E-state index contributed by atoms with van der Waals surface area (Å²) in [4.78, 5) is 24.2. The lowest BCUT2D eigenvalue weighted by Crippen LogP contribution is -2.46. The lowest BCUT2D eigenvalue weighted by Gasteiger charge is -2.43. The summed E-state index contributed by atoms with van der Waals surface area (Å²) in [7, 11) is 0. The second-order valence-electron chi connectivity index (χ2n) is 11.1. The summed E-state index contributed by atoms with van der Waals surface area (Å²) in [6, 6.07) is 22.9. The smallest absolute Gasteiger partial charge is 0.275 e. The maximum atomic E-state index is 13.1. The molecule has 3 N–H and O–H groups in total. The van der Waals surface area contributed by atoms with Gasteiger partial charge in [-0.2, -0.15) is 0 Å². The molecule has 4 aromatic rings. The highest BCUT2D eigenvalue weighted by Gasteiger charge is 2.40. The summed E-state index contributed by atoms with van der Waals surface area (Å²) in [6.07, 6.45) is 2.45. The zero-order valence-electron chi connectivity index (χ0n) is 23.6. The van der Waals surface area contributed by atoms with Gasteiger partial charge in [0.1, 0.15) is 5.69 Å². The van der Waals surface area contributed by atoms with E-state index in [-0.39, 0.29) is 49.0 Å². The maximum Gasteiger partial charge on any atom is 0.275 e. The number of rotatable bonds is 8. The minimum Gasteiger partial charge on any atom is -0.395 e. The van der Waals surface area contributed by atoms with Crippen molar-refractivity contribution in [1.29, 1.82) is 0 Å². The number of benzene rings is 3. The molecule has 5 atom stereocenters. The Kier molecular flexibility index (Phi) is 8.55. The Morgan fingerprint density at radius 2 is 1.81 bits per heavy atom. The summed E-state index contributed by atoms with van der Waals surface area (Å²) >= 11 is 0. The van der Waals surface area contributed by atoms with Gasteiger partial charge in [-0.25, -0.2) is 4.98 Å². The Morgan fingerprint density at radius 3 is 2.60 bits per heavy atom. The van der Waals surface area contributed by atoms with Crippen LogP contribution < -0.4 is 5.32 Å². The van der Waals surface area contributed by atoms with Gasteiger partial charge in [0.2, 0.25) is 0 Å². The number of nitrogens with one attached hydrogen (secondary N) is 1. The largest absolute Gasteiger partial charge is 0.395 e. The predicted molar refractivity (Wildman–Crippen MR) is 159 cm³/mol. The van der Waals surface area contributed by atoms with Gasteiger partial charge in [0.05, 0.1) is 42.7 Å². The summed E-state index contributed by atoms with van der Waals surface area (Å²) in [5.74, 6) is -0.316. The molecule has 6 rings (SSSR count). The molecule has 0 saturated carbocycles. The average molecular weight is 569 g/mol. The Bertz CT molecular complexity index is 1530. The Labute approximate surface area is 245 Å². The molecular weight excluding hydrogens is 532 g/mol. The molecule has 9 heteroatoms. The van der Waals surface area contributed by atoms with E-state index in [1.165, 1.54) is 6.20 Å². The first kappa shape index (κ1) is 28.4. The third-order valence-corrected chi connectivity index (χ3v) is 8.35. The topological polar surface area (TPSA) is 117 Å². The summed E-state index contributed by atoms with van der Waals surface area (Å²) in [6.45, 7) is 3.87. The van der Waals surface area contributed by atoms with Crippen LogP contribution in [0.2, 0.25) is 0 Å². The highest BCUT2D eigenvalue weighted by molar-refractivity contribution is 6.03. The average Bonchev–Trinajstić information content (AvgIpc) is 3.49. The van der Waals surface area contributed by atoms with Gasteiger partial charge >= 0.3 is 0 Å². The number of ether oxygens (including phenoxy) is 2. The summed E-state index contributed by atoms with van der Waals surface area (Å²) in [5, 5.41) is 22.4. The highest BCUT2D eigenvalue weighted by Crippen LogP contribution is 2.42. The van der Waals surface area contributed by atoms with Gasteiger partial charge in [-0.3, -0.25) is 14.7 Å². The van der Waals surface area contributed by atoms with Gasteiger partial charge in [0, 0.05) is 29.8 Å². The third-order valence-electron chi connectivity index (χ3n) is 8.35. The van der Waals surface area contributed by atoms with Gasteiger partial charge in [-0.05, 0) is 54.8 Å². The molecule has 0 aliphatic carbocycles. The number of hydrogen-bond acceptors (Lipinski definition) is 8. The predicted octanol–water partition coefficient (Wildman–Crippen LogP) is 4.62. The fourth-order valence-electron chi connectivity index (χ4n) is 5.93. The number of aromatic nitrogens is 2. The molecule has 3 aromatic carbocycles. The number of fused-ring (bicyclic) bond motifs is 1. The molecule has 1 amide bonds. The zero-order valence-corrected chi connectivity index (χ0v) is 23.6. The van der Waals surface area contributed by atoms with Crippen LogP contribution in [0.5, 0.6) is 0 Å². The minimum absolute atomic E-state index is 0.0173. The molecule has 2 aliphatic heterocycles. The van der Waals surface area contributed by atoms with E-state index in [9.17, 15) is 15.0 Å². The molecule has 2 fully saturated rings. The maximum absolute atomic E-state index is 13.1. The van der Waals surface area contributed by atoms with Crippen molar-refractivity contribution < 1.29 is 24.5 Å². The van der Waals surface area contributed by atoms with Crippen LogP contribution in [0.3, 0.4) is 0 Å². The molecule has 0 spiro atoms. The quantitative estimate of drug-likeness (QED) is 0.282. The zero-order chi connectivity index (χ0) is 29.1. The molecule has 2 saturated heterocycles. The lowest BCUT2D eigenvalue weighted by molar-refractivity contribution is -0.276. The second-order valence-corrected chi connectivity index (χ2v) is 11.1. The number of nitrogens with zero attached hydrogens (tertiary/aromatic N) is 3. The van der Waals surface area contributed by atoms with Gasteiger partial charge in [-0.1, -0.05) is 55.5 Å². The van der Waals surface area contributed by atoms with Crippen molar-refractivity contribution in [2.75, 3.05) is 25.0 Å². The Morgan fingerprint density at radius 1 is 1.00 bits per heavy atom. The fourth-order valence-corrected chi connectivity index (χ4v) is 5.93. The van der Waals surface area contributed by atoms with Gasteiger partial charge < -0.3 is 25.0 Å². The molecule has 3 heterocycles. The second kappa shape index (κ2) is 12.6. The van der Waals surface area contributed by atoms with Crippen molar-refractivity contribution in [2.24, 2.45) is 5.92 Å². The summed E-state index contributed by atoms with van der Waals surface area (Å²) < 4.78 is 13.2. The van der Waals surface area contributed by atoms with E-state index in [0.717, 1.165) is 41.6 Å². The van der Waals surface area contributed by atoms with Crippen molar-refractivity contribution >= 4 is 22.6 Å². The number of para-hydroxylation sites is 2. The SMILES string of the molecule is C[C@H]1[C@@H](CN2CCC[C@H]2CO)O[C@@H](c2cccc(NC(=O)c3cnc4ccccc4n3)c2)O[C@H]1c1ccc(CO)cc1. The molecule has 1 aromatic heterocycles. The molecule has 42 heavy (non-hydrogen) atoms. The van der Waals surface area contributed by atoms with E-state index >= 15 is 0 Å². The number of aliphatic hydroxyl groups is 2. The van der Waals surface area contributed by atoms with Gasteiger partial charge in [0.25, 0.3) is 5.91 Å². The number of anilines is 1. The normalized spacial score (nSPS) is 24.6. The van der Waals surface area contributed by atoms with Crippen LogP contribution in [0.4, 0.5) is 5.69 Å². The van der Waals surface area contributed by atoms with E-state index in [4.69, 9.17) is 9.47 Å². The summed E-state index contributed by atoms with van der Waals surface area (Å²) in [5.41, 5.74) is 4.85. The molecule has 9 nitrogen and oxygen atoms in total. The van der Waals surface area contributed by atoms with Gasteiger partial charge in [0.15, 0.2) is 6.29 Å². The molecule has 218 valence electrons. The number of amides is 1. The van der Waals surface area contributed by atoms with Crippen LogP contribution >= 0.6 is 0 Å². The molecular formula is C33H36N4O5. The van der Waals surface area contributed by atoms with Crippen LogP contribution in [0.25, 0.3) is 11.0 Å². The van der Waals surface area contributed by atoms with Crippen LogP contribution in [-0.4, -0.2) is 62.8 Å². The van der Waals surface area contributed by atoms with Crippen molar-refractivity contribution in [3.05, 3.63) is 101 Å². The van der Waals surface area contributed by atoms with E-state index < -0.39 is 6.29 Å². The van der Waals surface area contributed by atoms with E-state index in [1.54, 1.807) is 0 Å². The highest BCUT2D eigenvalue weighted by atomic mass is 16.7. The van der Waals surface area contributed by atoms with Crippen molar-refractivity contribution in [3.63, 3.8) is 0 Å². The Balaban J connectivity index is 1.24. The first-order valence-electron chi connectivity index (χ1n) is 14.5. The van der Waals surface area contributed by atoms with E-state index in [2.05, 4.69) is 27.1 Å². The van der Waals surface area contributed by atoms with Crippen molar-refractivity contribution in [2.45, 2.75) is 50.9 Å². The van der Waals surface area contributed by atoms with E-state index in [0.29, 0.717) is 17.7 Å². The molecule has 2 aliphatic rings. The number of aliphatic hydroxyl groups excluding tert-OH is 2. The van der Waals surface area contributed by atoms with Crippen LogP contribution in [-0.2, 0) is 16.1 Å². The van der Waals surface area contributed by atoms with Crippen LogP contribution in [0.1, 0.15) is 59.3 Å². The fraction of sp³-hybridized carbons (Fsp3) is 0.364. The third kappa shape index (κ3) is 6.06. The van der Waals surface area contributed by atoms with Gasteiger partial charge in [-0.15, -0.1) is 0 Å². The Hall–Kier alpha value is -3.73. The molecule has 0 unspecified atom stereocenters. The number of carbonyl (C=O) groups excluding carboxylic acids is 1. The number of carbonyl (C=O) groups is 1. The van der Waals surface area contributed by atoms with E-state index in [1.807, 2.05) is 72.8 Å². The van der Waals surface area contributed by atoms with Crippen molar-refractivity contribution in [3.8, 4) is 0 Å². The first-order chi connectivity index (χ1) is 20.5. The number of likely N-dealkylation sites (tertiary alicyclic amines) is 1. The number of hydrogen-bond donors (Lipinski definition) is 3. The standard InChI is InChI=1S/C33H36N4O5/c1-21-30(18-37-15-5-8-26(37)20-39)41-33(42-31(21)23-13-11-22(19-38)12-14-23)24-6-4-7-25(16-24)35-32(40)29-17-34-27-9-2-3-10-28(27)36-29/h2-4,6-7,9-14,16-17,21,26,30-31,33,38-39H,5,8,15,18-20H2,1H3,(H,35,40)/t21-,26-,30+,31+,33+/m0/s1. The minimum atomic E-state index is -0.666. The van der Waals surface area contributed by atoms with Crippen LogP contribution in [0.15, 0.2) is 79.0 Å². The van der Waals surface area contributed by atoms with Crippen molar-refractivity contribution in [1.82, 2.24) is 14.9 Å². The van der Waals surface area contributed by atoms with Crippen LogP contribution in [0, 0.1) is 5.92 Å². The first-order valence-corrected chi connectivity index (χ1v) is 14.5. The monoisotopic (exact) mass is 568 g/mol. The molecule has 0 radical (unpaired) electrons. The molecule has 0 bridgehead atoms.